The van der Waals surface area contributed by atoms with Gasteiger partial charge in [0.15, 0.2) is 5.69 Å². The number of carbonyl (C=O) groups is 1. The Morgan fingerprint density at radius 3 is 1.96 bits per heavy atom. The smallest absolute Gasteiger partial charge is 0.295 e. The van der Waals surface area contributed by atoms with Crippen LogP contribution in [0.15, 0.2) is 110 Å². The van der Waals surface area contributed by atoms with E-state index >= 15 is 0 Å². The topological polar surface area (TPSA) is 221 Å². The quantitative estimate of drug-likeness (QED) is 0.0907. The van der Waals surface area contributed by atoms with Crippen LogP contribution in [0.1, 0.15) is 10.4 Å². The minimum atomic E-state index is -4.90. The maximum atomic E-state index is 12.9. The van der Waals surface area contributed by atoms with Crippen molar-refractivity contribution in [2.75, 3.05) is 5.32 Å². The van der Waals surface area contributed by atoms with Crippen LogP contribution in [0.3, 0.4) is 0 Å². The number of benzene rings is 5. The van der Waals surface area contributed by atoms with Crippen LogP contribution >= 0.6 is 0 Å². The van der Waals surface area contributed by atoms with E-state index in [9.17, 15) is 43.7 Å². The van der Waals surface area contributed by atoms with Crippen molar-refractivity contribution in [2.45, 2.75) is 14.7 Å². The van der Waals surface area contributed by atoms with E-state index < -0.39 is 50.9 Å². The maximum absolute atomic E-state index is 12.9. The molecule has 0 atom stereocenters. The molecule has 0 aliphatic rings. The number of amides is 1. The number of carbonyl (C=O) groups excluding carboxylic acids is 1. The van der Waals surface area contributed by atoms with Gasteiger partial charge in [-0.15, -0.1) is 5.11 Å². The molecule has 228 valence electrons. The monoisotopic (exact) mass is 666 g/mol. The number of nitrogens with zero attached hydrogens (tertiary/aromatic N) is 3. The Labute approximate surface area is 255 Å². The van der Waals surface area contributed by atoms with E-state index in [1.165, 1.54) is 60.7 Å². The summed E-state index contributed by atoms with van der Waals surface area (Å²) in [5.41, 5.74) is 0.996. The maximum Gasteiger partial charge on any atom is 0.295 e. The molecule has 1 amide bonds. The minimum Gasteiger partial charge on any atom is -0.321 e. The fourth-order valence-electron chi connectivity index (χ4n) is 4.38. The first-order chi connectivity index (χ1) is 21.0. The fourth-order valence-corrected chi connectivity index (χ4v) is 6.25. The summed E-state index contributed by atoms with van der Waals surface area (Å²) in [6.45, 7) is 7.04. The largest absolute Gasteiger partial charge is 0.321 e. The molecule has 0 saturated carbocycles. The molecule has 0 heterocycles. The lowest BCUT2D eigenvalue weighted by Crippen LogP contribution is -2.12. The highest BCUT2D eigenvalue weighted by molar-refractivity contribution is 7.87. The summed E-state index contributed by atoms with van der Waals surface area (Å²) >= 11 is 0. The second-order valence-electron chi connectivity index (χ2n) is 9.40. The van der Waals surface area contributed by atoms with E-state index in [0.29, 0.717) is 17.1 Å². The highest BCUT2D eigenvalue weighted by Gasteiger charge is 2.21. The van der Waals surface area contributed by atoms with Crippen LogP contribution in [0.2, 0.25) is 0 Å². The third-order valence-electron chi connectivity index (χ3n) is 6.49. The van der Waals surface area contributed by atoms with Crippen LogP contribution < -0.4 is 5.32 Å². The molecule has 0 saturated heterocycles. The molecule has 14 nitrogen and oxygen atoms in total. The third-order valence-corrected chi connectivity index (χ3v) is 9.07. The summed E-state index contributed by atoms with van der Waals surface area (Å²) < 4.78 is 99.6. The van der Waals surface area contributed by atoms with Crippen LogP contribution in [0.25, 0.3) is 26.4 Å². The molecule has 0 aliphatic heterocycles. The van der Waals surface area contributed by atoms with Crippen LogP contribution in [0.5, 0.6) is 0 Å². The Bertz CT molecular complexity index is 2460. The SMILES string of the molecule is [C-]#[N+]c1ccc(C(=O)Nc2ccc(N=Nc3ccc4c(S(=O)(=O)O)cc(S(=O)(=O)O)cc4c3)c3cc(S(=O)(=O)O)ccc23)cc1. The Balaban J connectivity index is 1.59. The summed E-state index contributed by atoms with van der Waals surface area (Å²) in [4.78, 5) is 14.1. The van der Waals surface area contributed by atoms with E-state index in [2.05, 4.69) is 20.4 Å². The van der Waals surface area contributed by atoms with E-state index in [1.54, 1.807) is 0 Å². The molecule has 0 unspecified atom stereocenters. The normalized spacial score (nSPS) is 12.4. The van der Waals surface area contributed by atoms with Gasteiger partial charge in [0.25, 0.3) is 36.3 Å². The van der Waals surface area contributed by atoms with Gasteiger partial charge in [-0.25, -0.2) is 4.85 Å². The van der Waals surface area contributed by atoms with E-state index in [-0.39, 0.29) is 38.8 Å². The molecule has 5 rings (SSSR count). The zero-order chi connectivity index (χ0) is 32.7. The van der Waals surface area contributed by atoms with Gasteiger partial charge in [0.1, 0.15) is 4.90 Å². The average Bonchev–Trinajstić information content (AvgIpc) is 2.98. The summed E-state index contributed by atoms with van der Waals surface area (Å²) in [7, 11) is -14.4. The molecular weight excluding hydrogens is 649 g/mol. The molecule has 17 heteroatoms. The number of anilines is 1. The van der Waals surface area contributed by atoms with Gasteiger partial charge in [-0.05, 0) is 53.9 Å². The second-order valence-corrected chi connectivity index (χ2v) is 13.6. The molecule has 45 heavy (non-hydrogen) atoms. The van der Waals surface area contributed by atoms with Crippen molar-refractivity contribution in [3.63, 3.8) is 0 Å². The number of hydrogen-bond acceptors (Lipinski definition) is 9. The average molecular weight is 667 g/mol. The Hall–Kier alpha value is -5.09. The summed E-state index contributed by atoms with van der Waals surface area (Å²) in [6.07, 6.45) is 0. The molecule has 0 aromatic heterocycles. The second kappa shape index (κ2) is 11.4. The van der Waals surface area contributed by atoms with Crippen molar-refractivity contribution in [1.82, 2.24) is 0 Å². The predicted molar refractivity (Wildman–Crippen MR) is 162 cm³/mol. The Kier molecular flexibility index (Phi) is 7.97. The predicted octanol–water partition coefficient (Wildman–Crippen LogP) is 5.95. The molecule has 0 bridgehead atoms. The fraction of sp³-hybridized carbons (Fsp3) is 0. The number of fused-ring (bicyclic) bond motifs is 2. The van der Waals surface area contributed by atoms with Crippen molar-refractivity contribution in [3.8, 4) is 0 Å². The van der Waals surface area contributed by atoms with Gasteiger partial charge in [0, 0.05) is 27.4 Å². The number of azo groups is 1. The first kappa shape index (κ1) is 31.3. The lowest BCUT2D eigenvalue weighted by molar-refractivity contribution is 0.102. The van der Waals surface area contributed by atoms with Gasteiger partial charge in [-0.2, -0.15) is 30.4 Å². The van der Waals surface area contributed by atoms with Gasteiger partial charge in [-0.3, -0.25) is 18.5 Å². The van der Waals surface area contributed by atoms with Crippen LogP contribution in [0.4, 0.5) is 22.7 Å². The lowest BCUT2D eigenvalue weighted by Gasteiger charge is -2.12. The van der Waals surface area contributed by atoms with Crippen molar-refractivity contribution >= 4 is 80.6 Å². The van der Waals surface area contributed by atoms with Crippen LogP contribution in [-0.4, -0.2) is 44.8 Å². The molecule has 0 fully saturated rings. The molecule has 0 radical (unpaired) electrons. The van der Waals surface area contributed by atoms with Gasteiger partial charge in [-0.1, -0.05) is 36.4 Å². The number of rotatable bonds is 7. The molecule has 0 aliphatic carbocycles. The Morgan fingerprint density at radius 1 is 0.667 bits per heavy atom. The molecule has 4 N–H and O–H groups in total. The summed E-state index contributed by atoms with van der Waals surface area (Å²) in [5, 5.41) is 11.3. The molecular formula is C28H18N4O10S3. The first-order valence-corrected chi connectivity index (χ1v) is 16.6. The lowest BCUT2D eigenvalue weighted by atomic mass is 10.1. The highest BCUT2D eigenvalue weighted by atomic mass is 32.2. The number of hydrogen-bond donors (Lipinski definition) is 4. The Morgan fingerprint density at radius 2 is 1.33 bits per heavy atom. The zero-order valence-electron chi connectivity index (χ0n) is 22.3. The highest BCUT2D eigenvalue weighted by Crippen LogP contribution is 2.36. The van der Waals surface area contributed by atoms with Crippen molar-refractivity contribution in [1.29, 1.82) is 0 Å². The van der Waals surface area contributed by atoms with Gasteiger partial charge in [0.05, 0.1) is 27.7 Å². The summed E-state index contributed by atoms with van der Waals surface area (Å²) in [5.74, 6) is -0.522. The van der Waals surface area contributed by atoms with Gasteiger partial charge >= 0.3 is 0 Å². The van der Waals surface area contributed by atoms with Gasteiger partial charge in [0.2, 0.25) is 0 Å². The molecule has 5 aromatic rings. The van der Waals surface area contributed by atoms with E-state index in [0.717, 1.165) is 18.2 Å². The van der Waals surface area contributed by atoms with Crippen molar-refractivity contribution < 1.29 is 43.7 Å². The van der Waals surface area contributed by atoms with E-state index in [4.69, 9.17) is 6.57 Å². The number of nitrogens with one attached hydrogen (secondary N) is 1. The van der Waals surface area contributed by atoms with Crippen molar-refractivity contribution in [2.24, 2.45) is 10.2 Å². The standard InChI is InChI=1S/C28H18N4O10S3/c1-29-18-4-2-16(3-5-18)28(33)30-25-10-11-26(24-14-20(43(34,35)36)7-9-23(24)25)32-31-19-6-8-22-17(12-19)13-21(44(37,38)39)15-27(22)45(40,41)42/h2-15H,(H,30,33)(H,34,35,36)(H,37,38,39)(H,40,41,42). The minimum absolute atomic E-state index is 0.0322. The zero-order valence-corrected chi connectivity index (χ0v) is 24.8. The molecule has 5 aromatic carbocycles. The summed E-state index contributed by atoms with van der Waals surface area (Å²) in [6, 6.07) is 17.7. The van der Waals surface area contributed by atoms with Crippen LogP contribution in [-0.2, 0) is 30.4 Å². The van der Waals surface area contributed by atoms with Crippen LogP contribution in [0, 0.1) is 6.57 Å². The van der Waals surface area contributed by atoms with Crippen molar-refractivity contribution in [3.05, 3.63) is 102 Å². The molecule has 0 spiro atoms. The van der Waals surface area contributed by atoms with E-state index in [1.807, 2.05) is 0 Å². The van der Waals surface area contributed by atoms with Gasteiger partial charge < -0.3 is 5.32 Å². The third kappa shape index (κ3) is 6.71. The first-order valence-electron chi connectivity index (χ1n) is 12.3.